The van der Waals surface area contributed by atoms with Gasteiger partial charge in [-0.05, 0) is 42.8 Å². The van der Waals surface area contributed by atoms with E-state index in [0.717, 1.165) is 31.2 Å². The van der Waals surface area contributed by atoms with Crippen molar-refractivity contribution in [1.82, 2.24) is 14.8 Å². The van der Waals surface area contributed by atoms with Gasteiger partial charge in [-0.15, -0.1) is 0 Å². The maximum Gasteiger partial charge on any atom is 0.108 e. The molecule has 130 valence electrons. The molecule has 1 aromatic carbocycles. The predicted octanol–water partition coefficient (Wildman–Crippen LogP) is 4.42. The lowest BCUT2D eigenvalue weighted by molar-refractivity contribution is 0.207. The average Bonchev–Trinajstić information content (AvgIpc) is 2.78. The largest absolute Gasteiger partial charge is 0.368 e. The summed E-state index contributed by atoms with van der Waals surface area (Å²) in [6, 6.07) is 11.2. The molecule has 2 aliphatic rings. The lowest BCUT2D eigenvalue weighted by Gasteiger charge is -2.36. The summed E-state index contributed by atoms with van der Waals surface area (Å²) in [5, 5.41) is 1.10. The summed E-state index contributed by atoms with van der Waals surface area (Å²) in [6.07, 6.45) is 4.24. The van der Waals surface area contributed by atoms with Crippen LogP contribution in [0.1, 0.15) is 36.5 Å². The molecule has 0 atom stereocenters. The van der Waals surface area contributed by atoms with Crippen molar-refractivity contribution in [2.24, 2.45) is 0 Å². The molecule has 1 aromatic heterocycles. The van der Waals surface area contributed by atoms with E-state index in [1.165, 1.54) is 27.3 Å². The number of piperazine rings is 1. The van der Waals surface area contributed by atoms with Gasteiger partial charge in [-0.2, -0.15) is 0 Å². The van der Waals surface area contributed by atoms with Gasteiger partial charge in [-0.1, -0.05) is 37.7 Å². The Labute approximate surface area is 154 Å². The number of hydrogen-bond donors (Lipinski definition) is 0. The first-order valence-corrected chi connectivity index (χ1v) is 9.86. The van der Waals surface area contributed by atoms with Crippen LogP contribution in [0.25, 0.3) is 11.8 Å². The Balaban J connectivity index is 1.84. The van der Waals surface area contributed by atoms with Gasteiger partial charge in [0.25, 0.3) is 0 Å². The van der Waals surface area contributed by atoms with Crippen LogP contribution in [0.2, 0.25) is 0 Å². The Morgan fingerprint density at radius 1 is 1.08 bits per heavy atom. The van der Waals surface area contributed by atoms with Gasteiger partial charge in [-0.3, -0.25) is 0 Å². The zero-order valence-electron chi connectivity index (χ0n) is 15.2. The molecule has 0 unspecified atom stereocenters. The summed E-state index contributed by atoms with van der Waals surface area (Å²) < 4.78 is 0. The fraction of sp³-hybridized carbons (Fsp3) is 0.381. The highest BCUT2D eigenvalue weighted by molar-refractivity contribution is 7.99. The quantitative estimate of drug-likeness (QED) is 0.797. The third-order valence-electron chi connectivity index (χ3n) is 5.09. The minimum atomic E-state index is 0.535. The minimum absolute atomic E-state index is 0.535. The molecule has 0 radical (unpaired) electrons. The summed E-state index contributed by atoms with van der Waals surface area (Å²) >= 11 is 1.79. The Hall–Kier alpha value is -1.78. The average molecular weight is 352 g/mol. The van der Waals surface area contributed by atoms with E-state index in [-0.39, 0.29) is 0 Å². The SMILES string of the molecule is CC(C)c1ccc2c(c1)C(N1CCN(C)CC1)=Cc1cccnc1S2. The first kappa shape index (κ1) is 16.7. The predicted molar refractivity (Wildman–Crippen MR) is 106 cm³/mol. The zero-order valence-corrected chi connectivity index (χ0v) is 16.0. The standard InChI is InChI=1S/C21H25N3S/c1-15(2)16-6-7-20-18(13-16)19(24-11-9-23(3)10-12-24)14-17-5-4-8-22-21(17)25-20/h4-8,13-15H,9-12H2,1-3H3. The molecule has 1 fully saturated rings. The lowest BCUT2D eigenvalue weighted by atomic mass is 9.98. The molecular formula is C21H25N3S. The van der Waals surface area contributed by atoms with Crippen molar-refractivity contribution in [2.45, 2.75) is 29.7 Å². The number of likely N-dealkylation sites (N-methyl/N-ethyl adjacent to an activating group) is 1. The van der Waals surface area contributed by atoms with Crippen molar-refractivity contribution in [3.8, 4) is 0 Å². The van der Waals surface area contributed by atoms with Crippen LogP contribution >= 0.6 is 11.8 Å². The summed E-state index contributed by atoms with van der Waals surface area (Å²) in [5.74, 6) is 0.535. The first-order chi connectivity index (χ1) is 12.1. The molecule has 2 aliphatic heterocycles. The Bertz CT molecular complexity index is 805. The molecule has 0 bridgehead atoms. The third-order valence-corrected chi connectivity index (χ3v) is 6.20. The van der Waals surface area contributed by atoms with Crippen molar-refractivity contribution in [2.75, 3.05) is 33.2 Å². The Morgan fingerprint density at radius 2 is 1.88 bits per heavy atom. The molecule has 0 aliphatic carbocycles. The second kappa shape index (κ2) is 6.85. The second-order valence-electron chi connectivity index (χ2n) is 7.23. The van der Waals surface area contributed by atoms with E-state index in [2.05, 4.69) is 66.0 Å². The molecule has 1 saturated heterocycles. The maximum atomic E-state index is 4.62. The van der Waals surface area contributed by atoms with Crippen LogP contribution in [0.3, 0.4) is 0 Å². The number of nitrogens with zero attached hydrogens (tertiary/aromatic N) is 3. The van der Waals surface area contributed by atoms with Crippen molar-refractivity contribution < 1.29 is 0 Å². The van der Waals surface area contributed by atoms with E-state index >= 15 is 0 Å². The minimum Gasteiger partial charge on any atom is -0.368 e. The highest BCUT2D eigenvalue weighted by atomic mass is 32.2. The van der Waals surface area contributed by atoms with E-state index in [9.17, 15) is 0 Å². The van der Waals surface area contributed by atoms with Crippen LogP contribution in [-0.2, 0) is 0 Å². The molecule has 25 heavy (non-hydrogen) atoms. The van der Waals surface area contributed by atoms with Crippen molar-refractivity contribution >= 4 is 23.5 Å². The number of benzene rings is 1. The number of pyridine rings is 1. The molecular weight excluding hydrogens is 326 g/mol. The fourth-order valence-electron chi connectivity index (χ4n) is 3.43. The summed E-state index contributed by atoms with van der Waals surface area (Å²) in [6.45, 7) is 8.91. The monoisotopic (exact) mass is 351 g/mol. The number of aromatic nitrogens is 1. The molecule has 3 heterocycles. The van der Waals surface area contributed by atoms with Crippen molar-refractivity contribution in [3.05, 3.63) is 53.2 Å². The van der Waals surface area contributed by atoms with Gasteiger partial charge >= 0.3 is 0 Å². The fourth-order valence-corrected chi connectivity index (χ4v) is 4.41. The highest BCUT2D eigenvalue weighted by Crippen LogP contribution is 2.41. The maximum absolute atomic E-state index is 4.62. The molecule has 4 rings (SSSR count). The van der Waals surface area contributed by atoms with E-state index in [1.807, 2.05) is 12.3 Å². The van der Waals surface area contributed by atoms with Crippen LogP contribution < -0.4 is 0 Å². The normalized spacial score (nSPS) is 17.8. The molecule has 2 aromatic rings. The summed E-state index contributed by atoms with van der Waals surface area (Å²) in [4.78, 5) is 10.9. The summed E-state index contributed by atoms with van der Waals surface area (Å²) in [7, 11) is 2.21. The van der Waals surface area contributed by atoms with Gasteiger partial charge in [-0.25, -0.2) is 4.98 Å². The smallest absolute Gasteiger partial charge is 0.108 e. The van der Waals surface area contributed by atoms with Gasteiger partial charge in [0.1, 0.15) is 5.03 Å². The molecule has 0 spiro atoms. The van der Waals surface area contributed by atoms with Gasteiger partial charge < -0.3 is 9.80 Å². The topological polar surface area (TPSA) is 19.4 Å². The molecule has 4 heteroatoms. The van der Waals surface area contributed by atoms with E-state index in [0.29, 0.717) is 5.92 Å². The lowest BCUT2D eigenvalue weighted by Crippen LogP contribution is -2.43. The number of hydrogen-bond acceptors (Lipinski definition) is 4. The van der Waals surface area contributed by atoms with Crippen LogP contribution in [0.4, 0.5) is 0 Å². The van der Waals surface area contributed by atoms with Gasteiger partial charge in [0.2, 0.25) is 0 Å². The number of fused-ring (bicyclic) bond motifs is 2. The van der Waals surface area contributed by atoms with Gasteiger partial charge in [0, 0.05) is 54.1 Å². The Kier molecular flexibility index (Phi) is 4.57. The van der Waals surface area contributed by atoms with Gasteiger partial charge in [0.15, 0.2) is 0 Å². The summed E-state index contributed by atoms with van der Waals surface area (Å²) in [5.41, 5.74) is 5.34. The second-order valence-corrected chi connectivity index (χ2v) is 8.26. The van der Waals surface area contributed by atoms with Crippen LogP contribution in [0.5, 0.6) is 0 Å². The zero-order chi connectivity index (χ0) is 17.4. The molecule has 0 amide bonds. The van der Waals surface area contributed by atoms with E-state index in [1.54, 1.807) is 11.8 Å². The molecule has 0 saturated carbocycles. The van der Waals surface area contributed by atoms with E-state index in [4.69, 9.17) is 0 Å². The molecule has 3 nitrogen and oxygen atoms in total. The van der Waals surface area contributed by atoms with Gasteiger partial charge in [0.05, 0.1) is 0 Å². The van der Waals surface area contributed by atoms with Crippen LogP contribution in [-0.4, -0.2) is 48.0 Å². The number of rotatable bonds is 2. The van der Waals surface area contributed by atoms with E-state index < -0.39 is 0 Å². The third kappa shape index (κ3) is 3.33. The highest BCUT2D eigenvalue weighted by Gasteiger charge is 2.23. The van der Waals surface area contributed by atoms with Crippen LogP contribution in [0.15, 0.2) is 46.5 Å². The van der Waals surface area contributed by atoms with Crippen LogP contribution in [0, 0.1) is 0 Å². The Morgan fingerprint density at radius 3 is 2.64 bits per heavy atom. The van der Waals surface area contributed by atoms with Crippen molar-refractivity contribution in [1.29, 1.82) is 0 Å². The molecule has 0 N–H and O–H groups in total. The van der Waals surface area contributed by atoms with Crippen molar-refractivity contribution in [3.63, 3.8) is 0 Å². The first-order valence-electron chi connectivity index (χ1n) is 9.04.